The number of rotatable bonds is 2. The molecule has 2 rings (SSSR count). The minimum absolute atomic E-state index is 0.0910. The first-order chi connectivity index (χ1) is 8.22. The van der Waals surface area contributed by atoms with Crippen LogP contribution < -0.4 is 11.5 Å². The maximum absolute atomic E-state index is 6.37. The molecule has 0 radical (unpaired) electrons. The maximum Gasteiger partial charge on any atom is 0.162 e. The standard InChI is InChI=1S/C13H23N3O2/c1-11(2)17-8-12(3,9-18-11)7-13(15)4-5-16-10(14)6-13/h4-5H,6-9,15H2,1-3H3,(H2,14,16). The summed E-state index contributed by atoms with van der Waals surface area (Å²) in [6.45, 7) is 7.27. The van der Waals surface area contributed by atoms with E-state index in [9.17, 15) is 0 Å². The van der Waals surface area contributed by atoms with Crippen molar-refractivity contribution in [2.45, 2.75) is 44.9 Å². The SMILES string of the molecule is CC1(CC2(N)C=CN=C(N)C2)COC(C)(C)OC1. The summed E-state index contributed by atoms with van der Waals surface area (Å²) < 4.78 is 11.5. The van der Waals surface area contributed by atoms with Crippen LogP contribution in [0.4, 0.5) is 0 Å². The van der Waals surface area contributed by atoms with E-state index in [2.05, 4.69) is 11.9 Å². The Balaban J connectivity index is 2.01. The number of hydrogen-bond donors (Lipinski definition) is 2. The molecule has 4 N–H and O–H groups in total. The minimum Gasteiger partial charge on any atom is -0.387 e. The van der Waals surface area contributed by atoms with Gasteiger partial charge in [0.2, 0.25) is 0 Å². The zero-order valence-electron chi connectivity index (χ0n) is 11.4. The van der Waals surface area contributed by atoms with Crippen LogP contribution in [0.1, 0.15) is 33.6 Å². The Morgan fingerprint density at radius 2 is 1.89 bits per heavy atom. The van der Waals surface area contributed by atoms with Crippen molar-refractivity contribution in [1.82, 2.24) is 0 Å². The first kappa shape index (κ1) is 13.5. The number of ether oxygens (including phenoxy) is 2. The van der Waals surface area contributed by atoms with E-state index in [1.165, 1.54) is 0 Å². The summed E-state index contributed by atoms with van der Waals surface area (Å²) in [6.07, 6.45) is 4.97. The van der Waals surface area contributed by atoms with Crippen LogP contribution in [0.3, 0.4) is 0 Å². The fraction of sp³-hybridized carbons (Fsp3) is 0.769. The summed E-state index contributed by atoms with van der Waals surface area (Å²) in [5, 5.41) is 0. The topological polar surface area (TPSA) is 82.9 Å². The zero-order chi connectivity index (χ0) is 13.4. The number of amidine groups is 1. The largest absolute Gasteiger partial charge is 0.387 e. The average molecular weight is 253 g/mol. The highest BCUT2D eigenvalue weighted by Gasteiger charge is 2.41. The molecule has 0 aliphatic carbocycles. The number of nitrogens with zero attached hydrogens (tertiary/aromatic N) is 1. The highest BCUT2D eigenvalue weighted by Crippen LogP contribution is 2.37. The molecule has 5 nitrogen and oxygen atoms in total. The van der Waals surface area contributed by atoms with E-state index >= 15 is 0 Å². The average Bonchev–Trinajstić information content (AvgIpc) is 2.22. The van der Waals surface area contributed by atoms with Crippen molar-refractivity contribution in [2.24, 2.45) is 21.9 Å². The third-order valence-electron chi connectivity index (χ3n) is 3.45. The Morgan fingerprint density at radius 3 is 2.44 bits per heavy atom. The van der Waals surface area contributed by atoms with Crippen molar-refractivity contribution < 1.29 is 9.47 Å². The Morgan fingerprint density at radius 1 is 1.28 bits per heavy atom. The Hall–Kier alpha value is -0.910. The van der Waals surface area contributed by atoms with Crippen LogP contribution in [0.5, 0.6) is 0 Å². The Labute approximate surface area is 108 Å². The van der Waals surface area contributed by atoms with E-state index in [1.807, 2.05) is 19.9 Å². The molecule has 0 aromatic rings. The molecule has 1 saturated heterocycles. The van der Waals surface area contributed by atoms with Gasteiger partial charge in [0, 0.05) is 23.6 Å². The second kappa shape index (κ2) is 4.33. The number of hydrogen-bond acceptors (Lipinski definition) is 5. The molecule has 5 heteroatoms. The summed E-state index contributed by atoms with van der Waals surface area (Å²) in [7, 11) is 0. The number of nitrogens with two attached hydrogens (primary N) is 2. The van der Waals surface area contributed by atoms with Crippen LogP contribution in [0.2, 0.25) is 0 Å². The van der Waals surface area contributed by atoms with Gasteiger partial charge in [-0.3, -0.25) is 0 Å². The van der Waals surface area contributed by atoms with Crippen LogP contribution in [0.25, 0.3) is 0 Å². The molecule has 2 aliphatic heterocycles. The molecule has 0 spiro atoms. The van der Waals surface area contributed by atoms with Crippen LogP contribution in [-0.2, 0) is 9.47 Å². The quantitative estimate of drug-likeness (QED) is 0.773. The molecule has 0 bridgehead atoms. The third-order valence-corrected chi connectivity index (χ3v) is 3.45. The lowest BCUT2D eigenvalue weighted by molar-refractivity contribution is -0.284. The predicted molar refractivity (Wildman–Crippen MR) is 71.0 cm³/mol. The summed E-state index contributed by atoms with van der Waals surface area (Å²) in [4.78, 5) is 4.04. The van der Waals surface area contributed by atoms with Crippen molar-refractivity contribution in [3.05, 3.63) is 12.3 Å². The predicted octanol–water partition coefficient (Wildman–Crippen LogP) is 1.14. The summed E-state index contributed by atoms with van der Waals surface area (Å²) >= 11 is 0. The molecule has 0 aromatic carbocycles. The molecule has 0 saturated carbocycles. The van der Waals surface area contributed by atoms with Crippen LogP contribution >= 0.6 is 0 Å². The molecule has 2 heterocycles. The highest BCUT2D eigenvalue weighted by atomic mass is 16.7. The lowest BCUT2D eigenvalue weighted by Crippen LogP contribution is -2.52. The zero-order valence-corrected chi connectivity index (χ0v) is 11.4. The molecular formula is C13H23N3O2. The molecule has 1 unspecified atom stereocenters. The van der Waals surface area contributed by atoms with Crippen molar-refractivity contribution in [2.75, 3.05) is 13.2 Å². The molecule has 0 amide bonds. The molecule has 1 fully saturated rings. The minimum atomic E-state index is -0.496. The van der Waals surface area contributed by atoms with Gasteiger partial charge in [-0.2, -0.15) is 0 Å². The fourth-order valence-corrected chi connectivity index (χ4v) is 2.52. The highest BCUT2D eigenvalue weighted by molar-refractivity contribution is 5.83. The monoisotopic (exact) mass is 253 g/mol. The first-order valence-corrected chi connectivity index (χ1v) is 6.29. The lowest BCUT2D eigenvalue weighted by Gasteiger charge is -2.45. The first-order valence-electron chi connectivity index (χ1n) is 6.29. The smallest absolute Gasteiger partial charge is 0.162 e. The Kier molecular flexibility index (Phi) is 3.25. The van der Waals surface area contributed by atoms with Gasteiger partial charge in [0.05, 0.1) is 13.2 Å². The second-order valence-corrected chi connectivity index (χ2v) is 6.31. The van der Waals surface area contributed by atoms with E-state index < -0.39 is 11.3 Å². The van der Waals surface area contributed by atoms with Gasteiger partial charge in [-0.25, -0.2) is 4.99 Å². The van der Waals surface area contributed by atoms with Gasteiger partial charge in [-0.05, 0) is 26.3 Å². The van der Waals surface area contributed by atoms with E-state index in [1.54, 1.807) is 6.20 Å². The van der Waals surface area contributed by atoms with Gasteiger partial charge >= 0.3 is 0 Å². The second-order valence-electron chi connectivity index (χ2n) is 6.31. The lowest BCUT2D eigenvalue weighted by atomic mass is 9.75. The van der Waals surface area contributed by atoms with Gasteiger partial charge < -0.3 is 20.9 Å². The summed E-state index contributed by atoms with van der Waals surface area (Å²) in [5.74, 6) is 0.0889. The molecule has 2 aliphatic rings. The van der Waals surface area contributed by atoms with E-state index in [-0.39, 0.29) is 5.41 Å². The van der Waals surface area contributed by atoms with E-state index in [4.69, 9.17) is 20.9 Å². The Bertz CT molecular complexity index is 380. The van der Waals surface area contributed by atoms with Gasteiger partial charge in [0.15, 0.2) is 5.79 Å². The van der Waals surface area contributed by atoms with E-state index in [0.717, 1.165) is 6.42 Å². The van der Waals surface area contributed by atoms with E-state index in [0.29, 0.717) is 25.5 Å². The van der Waals surface area contributed by atoms with Crippen molar-refractivity contribution in [3.63, 3.8) is 0 Å². The van der Waals surface area contributed by atoms with Crippen LogP contribution in [0, 0.1) is 5.41 Å². The fourth-order valence-electron chi connectivity index (χ4n) is 2.52. The molecule has 102 valence electrons. The van der Waals surface area contributed by atoms with Gasteiger partial charge in [-0.1, -0.05) is 6.92 Å². The number of aliphatic imine (C=N–C) groups is 1. The van der Waals surface area contributed by atoms with Crippen LogP contribution in [-0.4, -0.2) is 30.4 Å². The van der Waals surface area contributed by atoms with Crippen molar-refractivity contribution in [3.8, 4) is 0 Å². The summed E-state index contributed by atoms with van der Waals surface area (Å²) in [6, 6.07) is 0. The van der Waals surface area contributed by atoms with Gasteiger partial charge in [0.25, 0.3) is 0 Å². The maximum atomic E-state index is 6.37. The normalized spacial score (nSPS) is 34.1. The van der Waals surface area contributed by atoms with Crippen molar-refractivity contribution >= 4 is 5.84 Å². The molecule has 1 atom stereocenters. The van der Waals surface area contributed by atoms with Crippen molar-refractivity contribution in [1.29, 1.82) is 0 Å². The van der Waals surface area contributed by atoms with Gasteiger partial charge in [0.1, 0.15) is 5.84 Å². The van der Waals surface area contributed by atoms with Crippen LogP contribution in [0.15, 0.2) is 17.3 Å². The third kappa shape index (κ3) is 3.10. The molecular weight excluding hydrogens is 230 g/mol. The van der Waals surface area contributed by atoms with Gasteiger partial charge in [-0.15, -0.1) is 0 Å². The molecule has 18 heavy (non-hydrogen) atoms. The summed E-state index contributed by atoms with van der Waals surface area (Å²) in [5.41, 5.74) is 11.6. The molecule has 0 aromatic heterocycles.